The number of benzene rings is 3. The summed E-state index contributed by atoms with van der Waals surface area (Å²) < 4.78 is 2.90. The van der Waals surface area contributed by atoms with E-state index in [1.165, 1.54) is 18.5 Å². The van der Waals surface area contributed by atoms with E-state index in [0.717, 1.165) is 16.9 Å². The molecule has 0 radical (unpaired) electrons. The van der Waals surface area contributed by atoms with Gasteiger partial charge in [-0.15, -0.1) is 0 Å². The zero-order chi connectivity index (χ0) is 19.8. The first kappa shape index (κ1) is 19.9. The van der Waals surface area contributed by atoms with Crippen molar-refractivity contribution in [2.45, 2.75) is 32.6 Å². The van der Waals surface area contributed by atoms with Crippen molar-refractivity contribution in [3.63, 3.8) is 0 Å². The van der Waals surface area contributed by atoms with Gasteiger partial charge in [0.05, 0.1) is 0 Å². The molecule has 1 heterocycles. The van der Waals surface area contributed by atoms with Gasteiger partial charge in [0.15, 0.2) is 0 Å². The summed E-state index contributed by atoms with van der Waals surface area (Å²) in [6, 6.07) is 22.9. The maximum atomic E-state index is 13.5. The molecular weight excluding hydrogens is 488 g/mol. The molecule has 3 aromatic carbocycles. The number of carbonyl (C=O) groups is 1. The van der Waals surface area contributed by atoms with E-state index in [9.17, 15) is 4.79 Å². The number of fused-ring (bicyclic) bond motifs is 2. The third kappa shape index (κ3) is 3.73. The fourth-order valence-corrected chi connectivity index (χ4v) is 7.98. The van der Waals surface area contributed by atoms with Crippen LogP contribution in [-0.4, -0.2) is 35.2 Å². The van der Waals surface area contributed by atoms with E-state index in [-0.39, 0.29) is 5.91 Å². The zero-order valence-corrected chi connectivity index (χ0v) is 21.1. The Morgan fingerprint density at radius 2 is 1.25 bits per heavy atom. The van der Waals surface area contributed by atoms with E-state index in [0.29, 0.717) is 0 Å². The van der Waals surface area contributed by atoms with Gasteiger partial charge in [-0.3, -0.25) is 0 Å². The van der Waals surface area contributed by atoms with Crippen molar-refractivity contribution in [2.24, 2.45) is 0 Å². The minimum absolute atomic E-state index is 0.0358. The first-order valence-corrected chi connectivity index (χ1v) is 19.4. The fraction of sp³-hybridized carbons (Fsp3) is 0.174. The number of amides is 1. The molecule has 0 atom stereocenters. The molecule has 0 aliphatic carbocycles. The Labute approximate surface area is 180 Å². The van der Waals surface area contributed by atoms with E-state index in [1.54, 1.807) is 0 Å². The van der Waals surface area contributed by atoms with Gasteiger partial charge in [0.2, 0.25) is 0 Å². The number of hydrogen-bond donors (Lipinski definition) is 0. The normalized spacial score (nSPS) is 12.9. The monoisotopic (exact) mass is 511 g/mol. The van der Waals surface area contributed by atoms with Crippen LogP contribution in [0.1, 0.15) is 10.4 Å². The molecule has 2 nitrogen and oxygen atoms in total. The second-order valence-corrected chi connectivity index (χ2v) is 18.0. The number of hydrogen-bond acceptors (Lipinski definition) is 2. The van der Waals surface area contributed by atoms with Crippen molar-refractivity contribution >= 4 is 67.0 Å². The molecule has 0 spiro atoms. The molecule has 1 aliphatic heterocycles. The molecule has 4 rings (SSSR count). The molecule has 3 aromatic rings. The molecule has 5 heteroatoms. The molecule has 0 saturated heterocycles. The summed E-state index contributed by atoms with van der Waals surface area (Å²) in [5.41, 5.74) is 12.1. The molecule has 0 bridgehead atoms. The van der Waals surface area contributed by atoms with Crippen molar-refractivity contribution in [1.29, 1.82) is 0 Å². The summed E-state index contributed by atoms with van der Waals surface area (Å²) in [5.74, 6) is 0.0358. The van der Waals surface area contributed by atoms with E-state index >= 15 is 0 Å². The topological polar surface area (TPSA) is 20.3 Å². The SMILES string of the molecule is C[As](C)c1ccc2c(c1)Sc1cc([As](C)C)ccc1N2C(=O)c1ccccc1. The van der Waals surface area contributed by atoms with Crippen molar-refractivity contribution < 1.29 is 4.79 Å². The Kier molecular flexibility index (Phi) is 5.79. The Balaban J connectivity index is 1.88. The average molecular weight is 511 g/mol. The van der Waals surface area contributed by atoms with Gasteiger partial charge in [-0.2, -0.15) is 0 Å². The van der Waals surface area contributed by atoms with E-state index < -0.39 is 29.3 Å². The van der Waals surface area contributed by atoms with Crippen LogP contribution in [0.2, 0.25) is 22.8 Å². The summed E-state index contributed by atoms with van der Waals surface area (Å²) >= 11 is -0.131. The van der Waals surface area contributed by atoms with Crippen LogP contribution in [0.4, 0.5) is 11.4 Å². The Hall–Kier alpha value is -1.40. The number of anilines is 2. The first-order chi connectivity index (χ1) is 13.5. The van der Waals surface area contributed by atoms with Gasteiger partial charge in [0.1, 0.15) is 0 Å². The molecule has 0 aromatic heterocycles. The third-order valence-corrected chi connectivity index (χ3v) is 11.4. The minimum atomic E-state index is -0.973. The number of rotatable bonds is 3. The molecular formula is C23H23As2NOS. The zero-order valence-electron chi connectivity index (χ0n) is 16.5. The second kappa shape index (κ2) is 8.15. The van der Waals surface area contributed by atoms with Crippen molar-refractivity contribution in [1.82, 2.24) is 0 Å². The van der Waals surface area contributed by atoms with Crippen LogP contribution in [0.15, 0.2) is 76.5 Å². The molecule has 0 saturated carbocycles. The molecule has 0 fully saturated rings. The number of nitrogens with zero attached hydrogens (tertiary/aromatic N) is 1. The Morgan fingerprint density at radius 3 is 1.71 bits per heavy atom. The van der Waals surface area contributed by atoms with E-state index in [4.69, 9.17) is 0 Å². The summed E-state index contributed by atoms with van der Waals surface area (Å²) in [7, 11) is 0. The summed E-state index contributed by atoms with van der Waals surface area (Å²) in [6.07, 6.45) is 0. The maximum absolute atomic E-state index is 13.5. The van der Waals surface area contributed by atoms with Crippen molar-refractivity contribution in [2.75, 3.05) is 4.90 Å². The van der Waals surface area contributed by atoms with Crippen LogP contribution < -0.4 is 13.6 Å². The molecule has 28 heavy (non-hydrogen) atoms. The first-order valence-electron chi connectivity index (χ1n) is 9.16. The third-order valence-electron chi connectivity index (χ3n) is 4.85. The van der Waals surface area contributed by atoms with Crippen LogP contribution in [0, 0.1) is 0 Å². The number of carbonyl (C=O) groups excluding carboxylic acids is 1. The molecule has 1 amide bonds. The molecule has 0 N–H and O–H groups in total. The van der Waals surface area contributed by atoms with Gasteiger partial charge in [-0.1, -0.05) is 0 Å². The van der Waals surface area contributed by atoms with Gasteiger partial charge in [0.25, 0.3) is 0 Å². The Bertz CT molecular complexity index is 977. The molecule has 142 valence electrons. The van der Waals surface area contributed by atoms with Gasteiger partial charge < -0.3 is 0 Å². The van der Waals surface area contributed by atoms with E-state index in [2.05, 4.69) is 59.2 Å². The van der Waals surface area contributed by atoms with Crippen LogP contribution in [0.5, 0.6) is 0 Å². The fourth-order valence-electron chi connectivity index (χ4n) is 3.27. The van der Waals surface area contributed by atoms with Crippen LogP contribution in [0.3, 0.4) is 0 Å². The molecule has 0 unspecified atom stereocenters. The van der Waals surface area contributed by atoms with Crippen LogP contribution in [-0.2, 0) is 0 Å². The van der Waals surface area contributed by atoms with E-state index in [1.807, 2.05) is 47.0 Å². The van der Waals surface area contributed by atoms with Crippen LogP contribution >= 0.6 is 11.8 Å². The predicted octanol–water partition coefficient (Wildman–Crippen LogP) is 5.05. The van der Waals surface area contributed by atoms with Gasteiger partial charge in [-0.05, 0) is 0 Å². The second-order valence-electron chi connectivity index (χ2n) is 7.20. The van der Waals surface area contributed by atoms with Crippen LogP contribution in [0.25, 0.3) is 0 Å². The molecule has 1 aliphatic rings. The average Bonchev–Trinajstić information content (AvgIpc) is 2.71. The summed E-state index contributed by atoms with van der Waals surface area (Å²) in [5, 5.41) is 0. The predicted molar refractivity (Wildman–Crippen MR) is 124 cm³/mol. The Morgan fingerprint density at radius 1 is 0.750 bits per heavy atom. The quantitative estimate of drug-likeness (QED) is 0.459. The van der Waals surface area contributed by atoms with Gasteiger partial charge >= 0.3 is 182 Å². The van der Waals surface area contributed by atoms with Gasteiger partial charge in [-0.25, -0.2) is 0 Å². The van der Waals surface area contributed by atoms with Crippen molar-refractivity contribution in [3.8, 4) is 0 Å². The summed E-state index contributed by atoms with van der Waals surface area (Å²) in [4.78, 5) is 17.8. The summed E-state index contributed by atoms with van der Waals surface area (Å²) in [6.45, 7) is 0. The van der Waals surface area contributed by atoms with Crippen molar-refractivity contribution in [3.05, 3.63) is 72.3 Å². The van der Waals surface area contributed by atoms with Gasteiger partial charge in [0, 0.05) is 0 Å². The standard InChI is InChI=1S/C23H23As2NOS/c1-24(2)17-10-12-19-21(14-17)28-22-15-18(25(3)4)11-13-20(22)26(19)23(27)16-8-6-5-7-9-16/h5-15H,1-4H3.